The molecule has 88 valence electrons. The zero-order valence-electron chi connectivity index (χ0n) is 9.51. The van der Waals surface area contributed by atoms with Gasteiger partial charge in [-0.2, -0.15) is 5.26 Å². The Morgan fingerprint density at radius 2 is 2.22 bits per heavy atom. The van der Waals surface area contributed by atoms with Crippen molar-refractivity contribution in [2.45, 2.75) is 0 Å². The van der Waals surface area contributed by atoms with Crippen molar-refractivity contribution in [2.24, 2.45) is 7.05 Å². The van der Waals surface area contributed by atoms with Gasteiger partial charge in [-0.05, 0) is 23.6 Å². The highest BCUT2D eigenvalue weighted by atomic mass is 35.5. The lowest BCUT2D eigenvalue weighted by atomic mass is 10.2. The van der Waals surface area contributed by atoms with Crippen LogP contribution in [-0.4, -0.2) is 9.55 Å². The van der Waals surface area contributed by atoms with E-state index in [0.717, 1.165) is 21.7 Å². The van der Waals surface area contributed by atoms with Gasteiger partial charge in [0.2, 0.25) is 0 Å². The summed E-state index contributed by atoms with van der Waals surface area (Å²) < 4.78 is 1.97. The number of hydrogen-bond donors (Lipinski definition) is 0. The molecule has 1 aromatic carbocycles. The summed E-state index contributed by atoms with van der Waals surface area (Å²) in [4.78, 5) is 5.48. The van der Waals surface area contributed by atoms with Gasteiger partial charge in [0.1, 0.15) is 11.6 Å². The summed E-state index contributed by atoms with van der Waals surface area (Å²) >= 11 is 7.69. The second kappa shape index (κ2) is 4.13. The lowest BCUT2D eigenvalue weighted by Gasteiger charge is -1.99. The van der Waals surface area contributed by atoms with Crippen LogP contribution in [-0.2, 0) is 7.05 Å². The molecule has 0 atom stereocenters. The maximum absolute atomic E-state index is 9.10. The van der Waals surface area contributed by atoms with Gasteiger partial charge in [-0.15, -0.1) is 11.3 Å². The van der Waals surface area contributed by atoms with E-state index in [1.54, 1.807) is 17.4 Å². The molecule has 0 saturated carbocycles. The monoisotopic (exact) mass is 273 g/mol. The Morgan fingerprint density at radius 1 is 1.39 bits per heavy atom. The predicted octanol–water partition coefficient (Wildman–Crippen LogP) is 3.83. The zero-order valence-corrected chi connectivity index (χ0v) is 11.1. The van der Waals surface area contributed by atoms with Gasteiger partial charge in [-0.1, -0.05) is 17.7 Å². The third kappa shape index (κ3) is 1.52. The number of aromatic nitrogens is 2. The molecule has 0 fully saturated rings. The van der Waals surface area contributed by atoms with E-state index in [9.17, 15) is 0 Å². The van der Waals surface area contributed by atoms with Crippen molar-refractivity contribution in [2.75, 3.05) is 0 Å². The summed E-state index contributed by atoms with van der Waals surface area (Å²) in [6, 6.07) is 9.61. The topological polar surface area (TPSA) is 41.6 Å². The molecule has 0 radical (unpaired) electrons. The number of rotatable bonds is 1. The van der Waals surface area contributed by atoms with Gasteiger partial charge in [-0.25, -0.2) is 4.98 Å². The van der Waals surface area contributed by atoms with Crippen LogP contribution in [0, 0.1) is 11.3 Å². The SMILES string of the molecule is Cn1c(-c2sccc2Cl)nc2c(C#N)cccc21. The molecule has 0 N–H and O–H groups in total. The predicted molar refractivity (Wildman–Crippen MR) is 73.8 cm³/mol. The lowest BCUT2D eigenvalue weighted by molar-refractivity contribution is 0.963. The number of fused-ring (bicyclic) bond motifs is 1. The molecule has 3 aromatic rings. The van der Waals surface area contributed by atoms with Crippen molar-refractivity contribution >= 4 is 34.0 Å². The highest BCUT2D eigenvalue weighted by Crippen LogP contribution is 2.34. The van der Waals surface area contributed by atoms with Crippen LogP contribution in [0.1, 0.15) is 5.56 Å². The minimum absolute atomic E-state index is 0.585. The van der Waals surface area contributed by atoms with Gasteiger partial charge in [-0.3, -0.25) is 0 Å². The van der Waals surface area contributed by atoms with Gasteiger partial charge in [0.15, 0.2) is 5.82 Å². The molecule has 0 unspecified atom stereocenters. The minimum Gasteiger partial charge on any atom is -0.326 e. The molecule has 0 saturated heterocycles. The number of aryl methyl sites for hydroxylation is 1. The summed E-state index contributed by atoms with van der Waals surface area (Å²) in [7, 11) is 1.93. The third-order valence-corrected chi connectivity index (χ3v) is 4.19. The molecule has 18 heavy (non-hydrogen) atoms. The fourth-order valence-electron chi connectivity index (χ4n) is 1.96. The molecule has 0 bridgehead atoms. The maximum atomic E-state index is 9.10. The third-order valence-electron chi connectivity index (χ3n) is 2.85. The molecule has 0 spiro atoms. The second-order valence-electron chi connectivity index (χ2n) is 3.88. The van der Waals surface area contributed by atoms with E-state index in [-0.39, 0.29) is 0 Å². The van der Waals surface area contributed by atoms with Crippen LogP contribution >= 0.6 is 22.9 Å². The number of thiophene rings is 1. The molecule has 2 aromatic heterocycles. The number of halogens is 1. The van der Waals surface area contributed by atoms with Crippen LogP contribution in [0.15, 0.2) is 29.6 Å². The number of para-hydroxylation sites is 1. The van der Waals surface area contributed by atoms with E-state index < -0.39 is 0 Å². The number of nitrogens with zero attached hydrogens (tertiary/aromatic N) is 3. The van der Waals surface area contributed by atoms with Crippen LogP contribution in [0.25, 0.3) is 21.7 Å². The molecule has 2 heterocycles. The normalized spacial score (nSPS) is 10.7. The highest BCUT2D eigenvalue weighted by molar-refractivity contribution is 7.14. The fraction of sp³-hybridized carbons (Fsp3) is 0.0769. The Bertz CT molecular complexity index is 779. The van der Waals surface area contributed by atoms with E-state index >= 15 is 0 Å². The Hall–Kier alpha value is -1.83. The first-order valence-corrected chi connectivity index (χ1v) is 6.57. The van der Waals surface area contributed by atoms with Crippen molar-refractivity contribution in [1.82, 2.24) is 9.55 Å². The van der Waals surface area contributed by atoms with Gasteiger partial charge >= 0.3 is 0 Å². The molecule has 0 aliphatic heterocycles. The average molecular weight is 274 g/mol. The molecule has 3 nitrogen and oxygen atoms in total. The van der Waals surface area contributed by atoms with E-state index in [4.69, 9.17) is 16.9 Å². The average Bonchev–Trinajstić information content (AvgIpc) is 2.93. The summed E-state index contributed by atoms with van der Waals surface area (Å²) in [6.45, 7) is 0. The second-order valence-corrected chi connectivity index (χ2v) is 5.20. The van der Waals surface area contributed by atoms with Gasteiger partial charge in [0, 0.05) is 7.05 Å². The molecule has 0 aliphatic carbocycles. The molecule has 0 aliphatic rings. The van der Waals surface area contributed by atoms with Crippen LogP contribution in [0.2, 0.25) is 5.02 Å². The number of hydrogen-bond acceptors (Lipinski definition) is 3. The molecular weight excluding hydrogens is 266 g/mol. The quantitative estimate of drug-likeness (QED) is 0.676. The maximum Gasteiger partial charge on any atom is 0.152 e. The summed E-state index contributed by atoms with van der Waals surface area (Å²) in [5.41, 5.74) is 2.25. The van der Waals surface area contributed by atoms with Crippen molar-refractivity contribution in [3.8, 4) is 16.8 Å². The van der Waals surface area contributed by atoms with Crippen molar-refractivity contribution < 1.29 is 0 Å². The Balaban J connectivity index is 2.37. The lowest BCUT2D eigenvalue weighted by Crippen LogP contribution is -1.90. The van der Waals surface area contributed by atoms with Gasteiger partial charge in [0.05, 0.1) is 21.0 Å². The minimum atomic E-state index is 0.585. The molecular formula is C13H8ClN3S. The van der Waals surface area contributed by atoms with Crippen molar-refractivity contribution in [1.29, 1.82) is 5.26 Å². The number of imidazole rings is 1. The molecule has 3 rings (SSSR count). The van der Waals surface area contributed by atoms with Crippen LogP contribution in [0.3, 0.4) is 0 Å². The Kier molecular flexibility index (Phi) is 2.58. The van der Waals surface area contributed by atoms with E-state index in [1.165, 1.54) is 0 Å². The zero-order chi connectivity index (χ0) is 12.7. The first-order chi connectivity index (χ1) is 8.72. The van der Waals surface area contributed by atoms with Crippen LogP contribution in [0.4, 0.5) is 0 Å². The molecule has 5 heteroatoms. The number of nitriles is 1. The van der Waals surface area contributed by atoms with Crippen molar-refractivity contribution in [3.05, 3.63) is 40.2 Å². The van der Waals surface area contributed by atoms with Gasteiger partial charge < -0.3 is 4.57 Å². The largest absolute Gasteiger partial charge is 0.326 e. The van der Waals surface area contributed by atoms with Crippen molar-refractivity contribution in [3.63, 3.8) is 0 Å². The number of benzene rings is 1. The Morgan fingerprint density at radius 3 is 2.89 bits per heavy atom. The van der Waals surface area contributed by atoms with Crippen LogP contribution < -0.4 is 0 Å². The van der Waals surface area contributed by atoms with E-state index in [0.29, 0.717) is 10.6 Å². The van der Waals surface area contributed by atoms with E-state index in [1.807, 2.05) is 35.2 Å². The highest BCUT2D eigenvalue weighted by Gasteiger charge is 2.15. The standard InChI is InChI=1S/C13H8ClN3S/c1-17-10-4-2-3-8(7-15)11(10)16-13(17)12-9(14)5-6-18-12/h2-6H,1H3. The van der Waals surface area contributed by atoms with Crippen LogP contribution in [0.5, 0.6) is 0 Å². The van der Waals surface area contributed by atoms with E-state index in [2.05, 4.69) is 11.1 Å². The Labute approximate surface area is 113 Å². The smallest absolute Gasteiger partial charge is 0.152 e. The summed E-state index contributed by atoms with van der Waals surface area (Å²) in [5.74, 6) is 0.799. The fourth-order valence-corrected chi connectivity index (χ4v) is 3.13. The first kappa shape index (κ1) is 11.3. The summed E-state index contributed by atoms with van der Waals surface area (Å²) in [5, 5.41) is 11.7. The molecule has 0 amide bonds. The summed E-state index contributed by atoms with van der Waals surface area (Å²) in [6.07, 6.45) is 0. The van der Waals surface area contributed by atoms with Gasteiger partial charge in [0.25, 0.3) is 0 Å². The first-order valence-electron chi connectivity index (χ1n) is 5.31.